The molecule has 222 valence electrons. The number of nitrogens with zero attached hydrogens (tertiary/aromatic N) is 2. The molecule has 2 heterocycles. The van der Waals surface area contributed by atoms with Crippen LogP contribution in [-0.2, 0) is 19.2 Å². The van der Waals surface area contributed by atoms with Gasteiger partial charge in [-0.25, -0.2) is 4.98 Å². The zero-order valence-electron chi connectivity index (χ0n) is 24.0. The number of phenols is 1. The largest absolute Gasteiger partial charge is 0.508 e. The van der Waals surface area contributed by atoms with E-state index in [0.717, 1.165) is 11.1 Å². The predicted octanol–water partition coefficient (Wildman–Crippen LogP) is 6.49. The molecule has 8 nitrogen and oxygen atoms in total. The van der Waals surface area contributed by atoms with Crippen LogP contribution in [0.2, 0.25) is 5.02 Å². The highest BCUT2D eigenvalue weighted by atomic mass is 35.5. The minimum Gasteiger partial charge on any atom is -0.508 e. The average molecular weight is 617 g/mol. The molecular formula is C36H25ClN2O6. The molecule has 0 spiro atoms. The second-order valence-corrected chi connectivity index (χ2v) is 12.4. The second kappa shape index (κ2) is 9.97. The predicted molar refractivity (Wildman–Crippen MR) is 166 cm³/mol. The van der Waals surface area contributed by atoms with Crippen molar-refractivity contribution in [3.05, 3.63) is 112 Å². The van der Waals surface area contributed by atoms with Gasteiger partial charge in [0.2, 0.25) is 17.7 Å². The lowest BCUT2D eigenvalue weighted by atomic mass is 9.59. The standard InChI is InChI=1S/C36H25ClN2O6/c1-17-14-28(41)25-16-24-21(30(32(25)33(17)42)22-11-10-20(40)15-26(22)37)12-13-23-31(24)36(44)39(35(23)43)19-8-6-18(7-9-19)34-38-27-4-2-3-5-29(27)45-34/h2-12,14-15,23-24,30-31,40H,13,16H2,1H3. The molecule has 1 saturated heterocycles. The van der Waals surface area contributed by atoms with E-state index in [-0.39, 0.29) is 40.6 Å². The van der Waals surface area contributed by atoms with E-state index in [9.17, 15) is 24.3 Å². The van der Waals surface area contributed by atoms with Crippen LogP contribution < -0.4 is 4.90 Å². The maximum Gasteiger partial charge on any atom is 0.238 e. The molecular weight excluding hydrogens is 592 g/mol. The highest BCUT2D eigenvalue weighted by molar-refractivity contribution is 6.32. The number of Topliss-reactive ketones (excluding diaryl/α,β-unsaturated/α-hetero) is 1. The summed E-state index contributed by atoms with van der Waals surface area (Å²) in [5, 5.41) is 10.3. The summed E-state index contributed by atoms with van der Waals surface area (Å²) >= 11 is 6.63. The topological polar surface area (TPSA) is 118 Å². The molecule has 3 aliphatic carbocycles. The van der Waals surface area contributed by atoms with Gasteiger partial charge in [-0.15, -0.1) is 0 Å². The van der Waals surface area contributed by atoms with Gasteiger partial charge in [0.25, 0.3) is 0 Å². The van der Waals surface area contributed by atoms with Crippen LogP contribution >= 0.6 is 11.6 Å². The molecule has 1 aromatic heterocycles. The summed E-state index contributed by atoms with van der Waals surface area (Å²) in [5.41, 5.74) is 4.96. The molecule has 1 aliphatic heterocycles. The third kappa shape index (κ3) is 4.09. The van der Waals surface area contributed by atoms with Crippen molar-refractivity contribution in [2.75, 3.05) is 4.90 Å². The molecule has 0 radical (unpaired) electrons. The quantitative estimate of drug-likeness (QED) is 0.159. The Morgan fingerprint density at radius 2 is 1.73 bits per heavy atom. The van der Waals surface area contributed by atoms with Gasteiger partial charge in [0.15, 0.2) is 17.1 Å². The average Bonchev–Trinajstić information content (AvgIpc) is 3.58. The van der Waals surface area contributed by atoms with Crippen molar-refractivity contribution in [2.24, 2.45) is 17.8 Å². The van der Waals surface area contributed by atoms with Crippen LogP contribution in [0.4, 0.5) is 5.69 Å². The van der Waals surface area contributed by atoms with E-state index in [1.54, 1.807) is 37.3 Å². The number of oxazole rings is 1. The molecule has 9 heteroatoms. The van der Waals surface area contributed by atoms with Crippen LogP contribution in [0.5, 0.6) is 5.75 Å². The van der Waals surface area contributed by atoms with E-state index < -0.39 is 23.7 Å². The molecule has 8 rings (SSSR count). The van der Waals surface area contributed by atoms with Crippen LogP contribution in [0.1, 0.15) is 31.2 Å². The van der Waals surface area contributed by atoms with Gasteiger partial charge in [0, 0.05) is 33.2 Å². The number of fused-ring (bicyclic) bond motifs is 4. The number of imide groups is 1. The summed E-state index contributed by atoms with van der Waals surface area (Å²) in [6, 6.07) is 19.0. The third-order valence-electron chi connectivity index (χ3n) is 9.53. The number of carbonyl (C=O) groups is 4. The Hall–Kier alpha value is -5.08. The number of aromatic nitrogens is 1. The van der Waals surface area contributed by atoms with Crippen LogP contribution in [0.3, 0.4) is 0 Å². The highest BCUT2D eigenvalue weighted by Gasteiger charge is 2.56. The molecule has 0 saturated carbocycles. The van der Waals surface area contributed by atoms with Gasteiger partial charge in [0.1, 0.15) is 11.3 Å². The van der Waals surface area contributed by atoms with Crippen LogP contribution in [0, 0.1) is 17.8 Å². The van der Waals surface area contributed by atoms with E-state index in [2.05, 4.69) is 4.98 Å². The first-order valence-corrected chi connectivity index (χ1v) is 15.1. The van der Waals surface area contributed by atoms with Crippen molar-refractivity contribution >= 4 is 51.8 Å². The van der Waals surface area contributed by atoms with Crippen molar-refractivity contribution in [2.45, 2.75) is 25.7 Å². The van der Waals surface area contributed by atoms with Crippen molar-refractivity contribution in [1.82, 2.24) is 4.98 Å². The van der Waals surface area contributed by atoms with Gasteiger partial charge >= 0.3 is 0 Å². The lowest BCUT2D eigenvalue weighted by molar-refractivity contribution is -0.123. The Morgan fingerprint density at radius 1 is 0.956 bits per heavy atom. The number of para-hydroxylation sites is 2. The fraction of sp³-hybridized carbons (Fsp3) is 0.194. The number of hydrogen-bond acceptors (Lipinski definition) is 7. The summed E-state index contributed by atoms with van der Waals surface area (Å²) in [4.78, 5) is 60.7. The number of amides is 2. The smallest absolute Gasteiger partial charge is 0.238 e. The number of allylic oxidation sites excluding steroid dienone is 6. The fourth-order valence-corrected chi connectivity index (χ4v) is 7.75. The maximum atomic E-state index is 14.2. The van der Waals surface area contributed by atoms with Gasteiger partial charge in [-0.3, -0.25) is 24.1 Å². The van der Waals surface area contributed by atoms with Crippen molar-refractivity contribution < 1.29 is 28.7 Å². The number of ketones is 2. The van der Waals surface area contributed by atoms with Gasteiger partial charge < -0.3 is 9.52 Å². The number of rotatable bonds is 3. The summed E-state index contributed by atoms with van der Waals surface area (Å²) in [6.45, 7) is 1.61. The van der Waals surface area contributed by atoms with E-state index >= 15 is 0 Å². The molecule has 4 aliphatic rings. The molecule has 4 atom stereocenters. The Balaban J connectivity index is 1.17. The summed E-state index contributed by atoms with van der Waals surface area (Å²) in [5.74, 6) is -3.22. The van der Waals surface area contributed by atoms with Crippen molar-refractivity contribution in [3.8, 4) is 17.2 Å². The number of aromatic hydroxyl groups is 1. The molecule has 45 heavy (non-hydrogen) atoms. The Labute approximate surface area is 262 Å². The van der Waals surface area contributed by atoms with Gasteiger partial charge in [0.05, 0.1) is 17.5 Å². The van der Waals surface area contributed by atoms with Gasteiger partial charge in [-0.1, -0.05) is 41.4 Å². The first kappa shape index (κ1) is 27.5. The lowest BCUT2D eigenvalue weighted by Gasteiger charge is -2.42. The summed E-state index contributed by atoms with van der Waals surface area (Å²) in [6.07, 6.45) is 3.77. The van der Waals surface area contributed by atoms with Crippen molar-refractivity contribution in [1.29, 1.82) is 0 Å². The van der Waals surface area contributed by atoms with E-state index in [0.29, 0.717) is 51.4 Å². The number of halogens is 1. The maximum absolute atomic E-state index is 14.2. The van der Waals surface area contributed by atoms with Gasteiger partial charge in [-0.05, 0) is 85.9 Å². The second-order valence-electron chi connectivity index (χ2n) is 12.0. The SMILES string of the molecule is CC1=CC(=O)C2=C(C1=O)C(c1ccc(O)cc1Cl)C1=CCC3C(=O)N(c4ccc(-c5nc6ccccc6o5)cc4)C(=O)C3C1C2. The van der Waals surface area contributed by atoms with E-state index in [4.69, 9.17) is 16.0 Å². The first-order chi connectivity index (χ1) is 21.7. The Bertz CT molecular complexity index is 2070. The summed E-state index contributed by atoms with van der Waals surface area (Å²) < 4.78 is 5.88. The number of carbonyl (C=O) groups excluding carboxylic acids is 4. The fourth-order valence-electron chi connectivity index (χ4n) is 7.47. The minimum atomic E-state index is -0.712. The highest BCUT2D eigenvalue weighted by Crippen LogP contribution is 2.56. The zero-order chi connectivity index (χ0) is 31.1. The molecule has 1 N–H and O–H groups in total. The number of hydrogen-bond donors (Lipinski definition) is 1. The minimum absolute atomic E-state index is 0.0283. The van der Waals surface area contributed by atoms with Crippen LogP contribution in [-0.4, -0.2) is 33.5 Å². The summed E-state index contributed by atoms with van der Waals surface area (Å²) in [7, 11) is 0. The molecule has 4 unspecified atom stereocenters. The first-order valence-electron chi connectivity index (χ1n) is 14.7. The van der Waals surface area contributed by atoms with Crippen molar-refractivity contribution in [3.63, 3.8) is 0 Å². The van der Waals surface area contributed by atoms with E-state index in [1.165, 1.54) is 23.1 Å². The van der Waals surface area contributed by atoms with E-state index in [1.807, 2.05) is 30.3 Å². The number of benzene rings is 3. The molecule has 3 aromatic carbocycles. The number of anilines is 1. The molecule has 2 amide bonds. The Kier molecular flexibility index (Phi) is 6.09. The lowest BCUT2D eigenvalue weighted by Crippen LogP contribution is -2.39. The number of phenolic OH excluding ortho intramolecular Hbond substituents is 1. The Morgan fingerprint density at radius 3 is 2.49 bits per heavy atom. The van der Waals surface area contributed by atoms with Crippen LogP contribution in [0.25, 0.3) is 22.6 Å². The van der Waals surface area contributed by atoms with Gasteiger partial charge in [-0.2, -0.15) is 0 Å². The molecule has 0 bridgehead atoms. The molecule has 4 aromatic rings. The normalized spacial score (nSPS) is 24.4. The molecule has 1 fully saturated rings. The monoisotopic (exact) mass is 616 g/mol. The van der Waals surface area contributed by atoms with Crippen LogP contribution in [0.15, 0.2) is 106 Å². The third-order valence-corrected chi connectivity index (χ3v) is 9.85. The zero-order valence-corrected chi connectivity index (χ0v) is 24.7.